The summed E-state index contributed by atoms with van der Waals surface area (Å²) in [6, 6.07) is 15.7. The molecule has 1 aliphatic heterocycles. The lowest BCUT2D eigenvalue weighted by molar-refractivity contribution is -0.111. The molecule has 0 bridgehead atoms. The number of furan rings is 1. The first kappa shape index (κ1) is 18.4. The van der Waals surface area contributed by atoms with Crippen LogP contribution in [0, 0.1) is 0 Å². The molecular weight excluding hydrogens is 372 g/mol. The molecule has 2 aromatic carbocycles. The Balaban J connectivity index is 1.41. The van der Waals surface area contributed by atoms with Crippen LogP contribution in [-0.2, 0) is 11.3 Å². The number of amides is 2. The maximum Gasteiger partial charge on any atom is 0.253 e. The lowest BCUT2D eigenvalue weighted by Crippen LogP contribution is -2.24. The van der Waals surface area contributed by atoms with Crippen molar-refractivity contribution in [3.63, 3.8) is 0 Å². The van der Waals surface area contributed by atoms with Gasteiger partial charge in [-0.05, 0) is 48.0 Å². The molecular formula is C22H18N2O5. The van der Waals surface area contributed by atoms with Gasteiger partial charge in [0, 0.05) is 6.08 Å². The van der Waals surface area contributed by atoms with Crippen molar-refractivity contribution < 1.29 is 23.5 Å². The van der Waals surface area contributed by atoms with Gasteiger partial charge < -0.3 is 24.5 Å². The van der Waals surface area contributed by atoms with Gasteiger partial charge in [-0.1, -0.05) is 18.2 Å². The van der Waals surface area contributed by atoms with E-state index in [1.54, 1.807) is 60.9 Å². The summed E-state index contributed by atoms with van der Waals surface area (Å²) in [6.45, 7) is 0.458. The molecule has 1 aliphatic rings. The molecule has 0 radical (unpaired) electrons. The second-order valence-electron chi connectivity index (χ2n) is 6.24. The molecule has 2 amide bonds. The molecule has 0 fully saturated rings. The number of anilines is 1. The number of fused-ring (bicyclic) bond motifs is 1. The average molecular weight is 390 g/mol. The Hall–Kier alpha value is -4.00. The van der Waals surface area contributed by atoms with Crippen LogP contribution in [0.4, 0.5) is 5.69 Å². The van der Waals surface area contributed by atoms with Gasteiger partial charge in [0.25, 0.3) is 5.91 Å². The summed E-state index contributed by atoms with van der Waals surface area (Å²) in [5.41, 5.74) is 1.59. The van der Waals surface area contributed by atoms with E-state index < -0.39 is 0 Å². The molecule has 4 rings (SSSR count). The van der Waals surface area contributed by atoms with E-state index in [2.05, 4.69) is 10.6 Å². The third-order valence-corrected chi connectivity index (χ3v) is 4.26. The number of hydrogen-bond acceptors (Lipinski definition) is 5. The Morgan fingerprint density at radius 3 is 2.72 bits per heavy atom. The first-order valence-electron chi connectivity index (χ1n) is 8.97. The fraction of sp³-hybridized carbons (Fsp3) is 0.0909. The van der Waals surface area contributed by atoms with Crippen LogP contribution in [0.25, 0.3) is 6.08 Å². The van der Waals surface area contributed by atoms with Crippen molar-refractivity contribution in [2.75, 3.05) is 12.1 Å². The van der Waals surface area contributed by atoms with Crippen LogP contribution in [0.15, 0.2) is 71.4 Å². The third kappa shape index (κ3) is 4.47. The van der Waals surface area contributed by atoms with Gasteiger partial charge in [0.05, 0.1) is 24.1 Å². The largest absolute Gasteiger partial charge is 0.467 e. The van der Waals surface area contributed by atoms with Gasteiger partial charge in [0.2, 0.25) is 12.7 Å². The van der Waals surface area contributed by atoms with Crippen LogP contribution in [0.2, 0.25) is 0 Å². The molecule has 2 heterocycles. The second-order valence-corrected chi connectivity index (χ2v) is 6.24. The summed E-state index contributed by atoms with van der Waals surface area (Å²) < 4.78 is 15.8. The summed E-state index contributed by atoms with van der Waals surface area (Å²) in [5.74, 6) is 1.31. The Bertz CT molecular complexity index is 1060. The number of nitrogens with one attached hydrogen (secondary N) is 2. The molecule has 29 heavy (non-hydrogen) atoms. The number of hydrogen-bond donors (Lipinski definition) is 2. The van der Waals surface area contributed by atoms with Gasteiger partial charge in [-0.2, -0.15) is 0 Å². The van der Waals surface area contributed by atoms with Gasteiger partial charge in [-0.15, -0.1) is 0 Å². The normalized spacial score (nSPS) is 12.1. The highest BCUT2D eigenvalue weighted by atomic mass is 16.7. The van der Waals surface area contributed by atoms with Gasteiger partial charge in [0.1, 0.15) is 5.76 Å². The van der Waals surface area contributed by atoms with E-state index in [1.807, 2.05) is 6.07 Å². The van der Waals surface area contributed by atoms with Crippen LogP contribution in [0.5, 0.6) is 11.5 Å². The molecule has 7 heteroatoms. The second kappa shape index (κ2) is 8.35. The highest BCUT2D eigenvalue weighted by Gasteiger charge is 2.14. The number of carbonyl (C=O) groups is 2. The molecule has 0 saturated carbocycles. The van der Waals surface area contributed by atoms with E-state index >= 15 is 0 Å². The minimum Gasteiger partial charge on any atom is -0.467 e. The predicted octanol–water partition coefficient (Wildman–Crippen LogP) is 3.59. The quantitative estimate of drug-likeness (QED) is 0.628. The minimum atomic E-state index is -0.353. The Kier molecular flexibility index (Phi) is 5.29. The Labute approximate surface area is 166 Å². The van der Waals surface area contributed by atoms with Crippen LogP contribution < -0.4 is 20.1 Å². The van der Waals surface area contributed by atoms with Gasteiger partial charge >= 0.3 is 0 Å². The summed E-state index contributed by atoms with van der Waals surface area (Å²) in [6.07, 6.45) is 4.61. The van der Waals surface area contributed by atoms with Crippen LogP contribution in [0.1, 0.15) is 21.7 Å². The predicted molar refractivity (Wildman–Crippen MR) is 107 cm³/mol. The maximum absolute atomic E-state index is 12.5. The van der Waals surface area contributed by atoms with Crippen molar-refractivity contribution in [2.45, 2.75) is 6.54 Å². The average Bonchev–Trinajstić information content (AvgIpc) is 3.42. The highest BCUT2D eigenvalue weighted by molar-refractivity contribution is 6.07. The van der Waals surface area contributed by atoms with Crippen LogP contribution in [-0.4, -0.2) is 18.6 Å². The summed E-state index contributed by atoms with van der Waals surface area (Å²) in [7, 11) is 0. The van der Waals surface area contributed by atoms with Crippen molar-refractivity contribution in [1.29, 1.82) is 0 Å². The fourth-order valence-electron chi connectivity index (χ4n) is 2.83. The van der Waals surface area contributed by atoms with Gasteiger partial charge in [-0.25, -0.2) is 0 Å². The molecule has 0 spiro atoms. The summed E-state index contributed by atoms with van der Waals surface area (Å²) in [5, 5.41) is 5.51. The van der Waals surface area contributed by atoms with E-state index in [9.17, 15) is 9.59 Å². The lowest BCUT2D eigenvalue weighted by Gasteiger charge is -2.10. The molecule has 0 atom stereocenters. The van der Waals surface area contributed by atoms with Crippen LogP contribution in [0.3, 0.4) is 0 Å². The van der Waals surface area contributed by atoms with E-state index in [0.29, 0.717) is 28.5 Å². The molecule has 7 nitrogen and oxygen atoms in total. The minimum absolute atomic E-state index is 0.196. The zero-order valence-corrected chi connectivity index (χ0v) is 15.4. The molecule has 0 unspecified atom stereocenters. The smallest absolute Gasteiger partial charge is 0.253 e. The molecule has 146 valence electrons. The van der Waals surface area contributed by atoms with E-state index in [1.165, 1.54) is 6.08 Å². The lowest BCUT2D eigenvalue weighted by atomic mass is 10.1. The zero-order valence-electron chi connectivity index (χ0n) is 15.4. The first-order chi connectivity index (χ1) is 14.2. The maximum atomic E-state index is 12.5. The Morgan fingerprint density at radius 1 is 1.00 bits per heavy atom. The first-order valence-corrected chi connectivity index (χ1v) is 8.97. The number of rotatable bonds is 6. The van der Waals surface area contributed by atoms with Crippen molar-refractivity contribution in [3.8, 4) is 11.5 Å². The van der Waals surface area contributed by atoms with Crippen molar-refractivity contribution in [3.05, 3.63) is 83.8 Å². The number of para-hydroxylation sites is 1. The highest BCUT2D eigenvalue weighted by Crippen LogP contribution is 2.32. The molecule has 1 aromatic heterocycles. The molecule has 0 aliphatic carbocycles. The topological polar surface area (TPSA) is 89.8 Å². The van der Waals surface area contributed by atoms with Gasteiger partial charge in [-0.3, -0.25) is 9.59 Å². The SMILES string of the molecule is O=C(C=Cc1ccc2c(c1)OCO2)Nc1ccccc1C(=O)NCc1ccco1. The summed E-state index contributed by atoms with van der Waals surface area (Å²) >= 11 is 0. The van der Waals surface area contributed by atoms with Crippen molar-refractivity contribution in [1.82, 2.24) is 5.32 Å². The Morgan fingerprint density at radius 2 is 1.86 bits per heavy atom. The monoisotopic (exact) mass is 390 g/mol. The van der Waals surface area contributed by atoms with Crippen LogP contribution >= 0.6 is 0 Å². The van der Waals surface area contributed by atoms with Crippen molar-refractivity contribution in [2.24, 2.45) is 0 Å². The number of ether oxygens (including phenoxy) is 2. The van der Waals surface area contributed by atoms with Crippen molar-refractivity contribution >= 4 is 23.6 Å². The standard InChI is InChI=1S/C22H18N2O5/c25-21(10-8-15-7-9-19-20(12-15)29-14-28-19)24-18-6-2-1-5-17(18)22(26)23-13-16-4-3-11-27-16/h1-12H,13-14H2,(H,23,26)(H,24,25). The van der Waals surface area contributed by atoms with Gasteiger partial charge in [0.15, 0.2) is 11.5 Å². The van der Waals surface area contributed by atoms with E-state index in [-0.39, 0.29) is 25.2 Å². The number of benzene rings is 2. The molecule has 2 N–H and O–H groups in total. The number of carbonyl (C=O) groups excluding carboxylic acids is 2. The summed E-state index contributed by atoms with van der Waals surface area (Å²) in [4.78, 5) is 24.8. The van der Waals surface area contributed by atoms with E-state index in [0.717, 1.165) is 5.56 Å². The van der Waals surface area contributed by atoms with E-state index in [4.69, 9.17) is 13.9 Å². The molecule has 3 aromatic rings. The fourth-order valence-corrected chi connectivity index (χ4v) is 2.83. The zero-order chi connectivity index (χ0) is 20.1. The molecule has 0 saturated heterocycles. The third-order valence-electron chi connectivity index (χ3n) is 4.26.